The molecule has 0 atom stereocenters. The average Bonchev–Trinajstić information content (AvgIpc) is 3.42. The molecule has 1 aromatic carbocycles. The van der Waals surface area contributed by atoms with Crippen LogP contribution in [0.5, 0.6) is 0 Å². The zero-order chi connectivity index (χ0) is 25.4. The Kier molecular flexibility index (Phi) is 6.53. The maximum absolute atomic E-state index is 14.0. The van der Waals surface area contributed by atoms with Crippen LogP contribution in [0.2, 0.25) is 0 Å². The van der Waals surface area contributed by atoms with Crippen LogP contribution in [0.15, 0.2) is 42.7 Å². The molecule has 1 fully saturated rings. The first-order valence-electron chi connectivity index (χ1n) is 12.0. The van der Waals surface area contributed by atoms with Gasteiger partial charge < -0.3 is 4.90 Å². The molecule has 0 saturated carbocycles. The smallest absolute Gasteiger partial charge is 0.264 e. The highest BCUT2D eigenvalue weighted by molar-refractivity contribution is 5.87. The molecule has 0 bridgehead atoms. The van der Waals surface area contributed by atoms with E-state index < -0.39 is 6.43 Å². The lowest BCUT2D eigenvalue weighted by Crippen LogP contribution is -2.49. The number of hydrogen-bond acceptors (Lipinski definition) is 5. The quantitative estimate of drug-likeness (QED) is 0.409. The van der Waals surface area contributed by atoms with Gasteiger partial charge in [0.1, 0.15) is 6.54 Å². The van der Waals surface area contributed by atoms with Gasteiger partial charge in [-0.05, 0) is 25.5 Å². The van der Waals surface area contributed by atoms with Crippen molar-refractivity contribution in [3.63, 3.8) is 0 Å². The summed E-state index contributed by atoms with van der Waals surface area (Å²) in [5, 5.41) is 8.85. The molecule has 0 aliphatic carbocycles. The fourth-order valence-electron chi connectivity index (χ4n) is 4.82. The van der Waals surface area contributed by atoms with Crippen molar-refractivity contribution in [1.29, 1.82) is 0 Å². The summed E-state index contributed by atoms with van der Waals surface area (Å²) in [7, 11) is 1.75. The average molecular weight is 494 g/mol. The van der Waals surface area contributed by atoms with Crippen LogP contribution in [-0.2, 0) is 24.9 Å². The maximum Gasteiger partial charge on any atom is 0.264 e. The van der Waals surface area contributed by atoms with Crippen LogP contribution in [0.3, 0.4) is 0 Å². The van der Waals surface area contributed by atoms with Crippen LogP contribution in [0.1, 0.15) is 28.8 Å². The van der Waals surface area contributed by atoms with Crippen LogP contribution >= 0.6 is 0 Å². The molecule has 8 nitrogen and oxygen atoms in total. The molecule has 1 aliphatic heterocycles. The van der Waals surface area contributed by atoms with Crippen molar-refractivity contribution < 1.29 is 13.6 Å². The predicted octanol–water partition coefficient (Wildman–Crippen LogP) is 3.73. The van der Waals surface area contributed by atoms with Gasteiger partial charge in [-0.15, -0.1) is 0 Å². The number of amides is 1. The van der Waals surface area contributed by atoms with E-state index in [1.54, 1.807) is 31.0 Å². The van der Waals surface area contributed by atoms with Gasteiger partial charge in [-0.3, -0.25) is 14.4 Å². The third-order valence-corrected chi connectivity index (χ3v) is 6.64. The van der Waals surface area contributed by atoms with E-state index in [4.69, 9.17) is 0 Å². The summed E-state index contributed by atoms with van der Waals surface area (Å²) in [5.74, 6) is -0.0956. The van der Waals surface area contributed by atoms with Gasteiger partial charge in [0.05, 0.1) is 23.0 Å². The first-order chi connectivity index (χ1) is 17.3. The van der Waals surface area contributed by atoms with E-state index in [1.807, 2.05) is 4.90 Å². The van der Waals surface area contributed by atoms with Crippen molar-refractivity contribution in [2.24, 2.45) is 7.05 Å². The fraction of sp³-hybridized carbons (Fsp3) is 0.385. The SMILES string of the molecule is Cc1cccc(CN2CCN(C(=O)Cn3nc(C)c4c(C(F)F)cc(-c5cnn(C)c5)nc43)CC2)c1. The molecule has 4 aromatic rings. The highest BCUT2D eigenvalue weighted by atomic mass is 19.3. The number of nitrogens with zero attached hydrogens (tertiary/aromatic N) is 7. The summed E-state index contributed by atoms with van der Waals surface area (Å²) in [5.41, 5.74) is 4.08. The molecular formula is C26H29F2N7O. The van der Waals surface area contributed by atoms with Crippen LogP contribution < -0.4 is 0 Å². The van der Waals surface area contributed by atoms with Crippen molar-refractivity contribution in [1.82, 2.24) is 34.3 Å². The standard InChI is InChI=1S/C26H29F2N7O/c1-17-5-4-6-19(11-17)14-33-7-9-34(10-8-33)23(36)16-35-26-24(18(2)31-35)21(25(27)28)12-22(30-26)20-13-29-32(3)15-20/h4-6,11-13,15,25H,7-10,14,16H2,1-3H3. The summed E-state index contributed by atoms with van der Waals surface area (Å²) >= 11 is 0. The molecule has 0 spiro atoms. The normalized spacial score (nSPS) is 14.8. The minimum atomic E-state index is -2.69. The number of pyridine rings is 1. The number of rotatable bonds is 6. The number of fused-ring (bicyclic) bond motifs is 1. The molecular weight excluding hydrogens is 464 g/mol. The number of alkyl halides is 2. The van der Waals surface area contributed by atoms with Crippen LogP contribution in [0.4, 0.5) is 8.78 Å². The molecule has 0 N–H and O–H groups in total. The molecule has 1 amide bonds. The number of piperazine rings is 1. The summed E-state index contributed by atoms with van der Waals surface area (Å²) in [6, 6.07) is 9.84. The van der Waals surface area contributed by atoms with Crippen molar-refractivity contribution in [2.75, 3.05) is 26.2 Å². The largest absolute Gasteiger partial charge is 0.339 e. The summed E-state index contributed by atoms with van der Waals surface area (Å²) in [6.07, 6.45) is 0.607. The van der Waals surface area contributed by atoms with Gasteiger partial charge in [0.2, 0.25) is 5.91 Å². The second-order valence-corrected chi connectivity index (χ2v) is 9.39. The van der Waals surface area contributed by atoms with Crippen LogP contribution in [0, 0.1) is 13.8 Å². The van der Waals surface area contributed by atoms with Crippen molar-refractivity contribution in [2.45, 2.75) is 33.4 Å². The zero-order valence-electron chi connectivity index (χ0n) is 20.7. The molecule has 1 aliphatic rings. The molecule has 4 heterocycles. The van der Waals surface area contributed by atoms with Crippen LogP contribution in [-0.4, -0.2) is 66.4 Å². The molecule has 0 unspecified atom stereocenters. The highest BCUT2D eigenvalue weighted by Crippen LogP contribution is 2.33. The third kappa shape index (κ3) is 4.86. The van der Waals surface area contributed by atoms with E-state index in [0.29, 0.717) is 35.4 Å². The number of halogens is 2. The minimum Gasteiger partial charge on any atom is -0.339 e. The first-order valence-corrected chi connectivity index (χ1v) is 12.0. The molecule has 10 heteroatoms. The van der Waals surface area contributed by atoms with E-state index in [9.17, 15) is 13.6 Å². The monoisotopic (exact) mass is 493 g/mol. The summed E-state index contributed by atoms with van der Waals surface area (Å²) in [4.78, 5) is 21.9. The number of aryl methyl sites for hydroxylation is 3. The van der Waals surface area contributed by atoms with Gasteiger partial charge in [-0.25, -0.2) is 18.4 Å². The summed E-state index contributed by atoms with van der Waals surface area (Å²) < 4.78 is 31.0. The Morgan fingerprint density at radius 1 is 1.11 bits per heavy atom. The van der Waals surface area contributed by atoms with Crippen molar-refractivity contribution in [3.8, 4) is 11.3 Å². The Labute approximate surface area is 208 Å². The summed E-state index contributed by atoms with van der Waals surface area (Å²) in [6.45, 7) is 7.33. The molecule has 36 heavy (non-hydrogen) atoms. The van der Waals surface area contributed by atoms with Gasteiger partial charge in [0.15, 0.2) is 5.65 Å². The molecule has 3 aromatic heterocycles. The van der Waals surface area contributed by atoms with E-state index in [-0.39, 0.29) is 23.7 Å². The molecule has 1 saturated heterocycles. The van der Waals surface area contributed by atoms with Gasteiger partial charge in [-0.1, -0.05) is 29.8 Å². The first kappa shape index (κ1) is 24.1. The van der Waals surface area contributed by atoms with E-state index in [0.717, 1.165) is 19.6 Å². The topological polar surface area (TPSA) is 72.1 Å². The Bertz CT molecular complexity index is 1400. The fourth-order valence-corrected chi connectivity index (χ4v) is 4.82. The Morgan fingerprint density at radius 3 is 2.56 bits per heavy atom. The minimum absolute atomic E-state index is 0.0472. The lowest BCUT2D eigenvalue weighted by atomic mass is 10.1. The van der Waals surface area contributed by atoms with Gasteiger partial charge in [0, 0.05) is 57.1 Å². The second-order valence-electron chi connectivity index (χ2n) is 9.39. The Balaban J connectivity index is 1.34. The van der Waals surface area contributed by atoms with Crippen LogP contribution in [0.25, 0.3) is 22.3 Å². The van der Waals surface area contributed by atoms with E-state index in [2.05, 4.69) is 51.3 Å². The van der Waals surface area contributed by atoms with E-state index in [1.165, 1.54) is 21.9 Å². The van der Waals surface area contributed by atoms with Crippen molar-refractivity contribution >= 4 is 16.9 Å². The van der Waals surface area contributed by atoms with Gasteiger partial charge in [-0.2, -0.15) is 10.2 Å². The number of carbonyl (C=O) groups is 1. The number of carbonyl (C=O) groups excluding carboxylic acids is 1. The Morgan fingerprint density at radius 2 is 1.89 bits per heavy atom. The van der Waals surface area contributed by atoms with Gasteiger partial charge >= 0.3 is 0 Å². The Hall–Kier alpha value is -3.66. The molecule has 5 rings (SSSR count). The third-order valence-electron chi connectivity index (χ3n) is 6.64. The number of aromatic nitrogens is 5. The van der Waals surface area contributed by atoms with Gasteiger partial charge in [0.25, 0.3) is 6.43 Å². The molecule has 188 valence electrons. The molecule has 0 radical (unpaired) electrons. The number of hydrogen-bond donors (Lipinski definition) is 0. The lowest BCUT2D eigenvalue weighted by molar-refractivity contribution is -0.133. The highest BCUT2D eigenvalue weighted by Gasteiger charge is 2.25. The van der Waals surface area contributed by atoms with E-state index >= 15 is 0 Å². The second kappa shape index (κ2) is 9.77. The zero-order valence-corrected chi connectivity index (χ0v) is 20.7. The van der Waals surface area contributed by atoms with Crippen molar-refractivity contribution in [3.05, 3.63) is 65.1 Å². The maximum atomic E-state index is 14.0. The predicted molar refractivity (Wildman–Crippen MR) is 132 cm³/mol. The lowest BCUT2D eigenvalue weighted by Gasteiger charge is -2.34. The number of benzene rings is 1.